The van der Waals surface area contributed by atoms with Gasteiger partial charge in [0.25, 0.3) is 5.95 Å². The second-order valence-corrected chi connectivity index (χ2v) is 5.67. The largest absolute Gasteiger partial charge is 0.292 e. The first-order chi connectivity index (χ1) is 9.85. The van der Waals surface area contributed by atoms with Crippen molar-refractivity contribution in [1.82, 2.24) is 29.7 Å². The summed E-state index contributed by atoms with van der Waals surface area (Å²) >= 11 is 1.64. The smallest absolute Gasteiger partial charge is 0.257 e. The van der Waals surface area contributed by atoms with E-state index in [0.29, 0.717) is 17.1 Å². The summed E-state index contributed by atoms with van der Waals surface area (Å²) in [4.78, 5) is 16.7. The van der Waals surface area contributed by atoms with Crippen molar-refractivity contribution in [2.24, 2.45) is 11.8 Å². The van der Waals surface area contributed by atoms with Crippen LogP contribution in [0.3, 0.4) is 0 Å². The SMILES string of the molecule is NNc1nc(SCC2CCCC2)nc(-n2cncn2)n1. The van der Waals surface area contributed by atoms with E-state index in [1.807, 2.05) is 0 Å². The minimum Gasteiger partial charge on any atom is -0.292 e. The van der Waals surface area contributed by atoms with Crippen molar-refractivity contribution in [3.63, 3.8) is 0 Å². The van der Waals surface area contributed by atoms with E-state index in [4.69, 9.17) is 5.84 Å². The van der Waals surface area contributed by atoms with Gasteiger partial charge in [-0.3, -0.25) is 5.43 Å². The van der Waals surface area contributed by atoms with Gasteiger partial charge in [-0.15, -0.1) is 0 Å². The zero-order valence-corrected chi connectivity index (χ0v) is 11.8. The molecular weight excluding hydrogens is 276 g/mol. The lowest BCUT2D eigenvalue weighted by molar-refractivity contribution is 0.622. The lowest BCUT2D eigenvalue weighted by Crippen LogP contribution is -2.14. The van der Waals surface area contributed by atoms with Gasteiger partial charge in [0.05, 0.1) is 0 Å². The monoisotopic (exact) mass is 292 g/mol. The molecular formula is C11H16N8S. The lowest BCUT2D eigenvalue weighted by Gasteiger charge is -2.09. The van der Waals surface area contributed by atoms with E-state index in [2.05, 4.69) is 30.5 Å². The maximum absolute atomic E-state index is 5.40. The highest BCUT2D eigenvalue weighted by Gasteiger charge is 2.16. The fourth-order valence-corrected chi connectivity index (χ4v) is 3.27. The van der Waals surface area contributed by atoms with Crippen LogP contribution in [0, 0.1) is 5.92 Å². The van der Waals surface area contributed by atoms with Crippen molar-refractivity contribution in [3.05, 3.63) is 12.7 Å². The second kappa shape index (κ2) is 6.14. The predicted molar refractivity (Wildman–Crippen MR) is 75.2 cm³/mol. The maximum Gasteiger partial charge on any atom is 0.257 e. The predicted octanol–water partition coefficient (Wildman–Crippen LogP) is 1.02. The van der Waals surface area contributed by atoms with E-state index < -0.39 is 0 Å². The molecule has 20 heavy (non-hydrogen) atoms. The molecule has 0 atom stereocenters. The number of nitrogen functional groups attached to an aromatic ring is 1. The van der Waals surface area contributed by atoms with Gasteiger partial charge in [0.1, 0.15) is 12.7 Å². The summed E-state index contributed by atoms with van der Waals surface area (Å²) < 4.78 is 1.49. The van der Waals surface area contributed by atoms with Crippen LogP contribution in [0.1, 0.15) is 25.7 Å². The standard InChI is InChI=1S/C11H16N8S/c12-18-9-15-10(19-7-13-6-14-19)17-11(16-9)20-5-8-3-1-2-4-8/h6-8H,1-5,12H2,(H,15,16,17,18). The Balaban J connectivity index is 1.77. The second-order valence-electron chi connectivity index (χ2n) is 4.69. The molecule has 0 radical (unpaired) electrons. The van der Waals surface area contributed by atoms with Crippen molar-refractivity contribution in [2.45, 2.75) is 30.8 Å². The molecule has 0 unspecified atom stereocenters. The first kappa shape index (κ1) is 13.3. The Bertz CT molecular complexity index is 552. The summed E-state index contributed by atoms with van der Waals surface area (Å²) in [5.74, 6) is 7.95. The molecule has 0 bridgehead atoms. The van der Waals surface area contributed by atoms with Crippen molar-refractivity contribution >= 4 is 17.7 Å². The number of rotatable bonds is 5. The number of thioether (sulfide) groups is 1. The highest BCUT2D eigenvalue weighted by molar-refractivity contribution is 7.99. The highest BCUT2D eigenvalue weighted by atomic mass is 32.2. The molecule has 2 aromatic heterocycles. The van der Waals surface area contributed by atoms with Crippen LogP contribution in [0.15, 0.2) is 17.8 Å². The summed E-state index contributed by atoms with van der Waals surface area (Å²) in [6.45, 7) is 0. The molecule has 1 saturated carbocycles. The van der Waals surface area contributed by atoms with Crippen molar-refractivity contribution in [2.75, 3.05) is 11.2 Å². The van der Waals surface area contributed by atoms with E-state index in [1.165, 1.54) is 36.7 Å². The topological polar surface area (TPSA) is 107 Å². The van der Waals surface area contributed by atoms with Gasteiger partial charge >= 0.3 is 0 Å². The Kier molecular flexibility index (Phi) is 4.07. The van der Waals surface area contributed by atoms with Crippen molar-refractivity contribution in [1.29, 1.82) is 0 Å². The molecule has 1 fully saturated rings. The molecule has 0 aliphatic heterocycles. The maximum atomic E-state index is 5.40. The molecule has 106 valence electrons. The molecule has 1 aliphatic carbocycles. The molecule has 3 N–H and O–H groups in total. The highest BCUT2D eigenvalue weighted by Crippen LogP contribution is 2.30. The van der Waals surface area contributed by atoms with Crippen LogP contribution in [0.2, 0.25) is 0 Å². The molecule has 0 amide bonds. The van der Waals surface area contributed by atoms with Gasteiger partial charge in [-0.25, -0.2) is 10.8 Å². The Hall–Kier alpha value is -1.74. The zero-order valence-electron chi connectivity index (χ0n) is 10.9. The van der Waals surface area contributed by atoms with Gasteiger partial charge in [-0.05, 0) is 18.8 Å². The average Bonchev–Trinajstić information content (AvgIpc) is 3.17. The molecule has 8 nitrogen and oxygen atoms in total. The Morgan fingerprint density at radius 1 is 1.30 bits per heavy atom. The van der Waals surface area contributed by atoms with Gasteiger partial charge in [0, 0.05) is 5.75 Å². The number of hydrogen-bond acceptors (Lipinski definition) is 8. The average molecular weight is 292 g/mol. The number of aromatic nitrogens is 6. The quantitative estimate of drug-likeness (QED) is 0.478. The summed E-state index contributed by atoms with van der Waals surface area (Å²) in [5, 5.41) is 4.67. The Morgan fingerprint density at radius 3 is 2.85 bits per heavy atom. The van der Waals surface area contributed by atoms with Crippen LogP contribution < -0.4 is 11.3 Å². The number of hydrogen-bond donors (Lipinski definition) is 2. The van der Waals surface area contributed by atoms with Gasteiger partial charge in [-0.2, -0.15) is 24.7 Å². The van der Waals surface area contributed by atoms with E-state index in [-0.39, 0.29) is 0 Å². The van der Waals surface area contributed by atoms with E-state index in [9.17, 15) is 0 Å². The van der Waals surface area contributed by atoms with Crippen LogP contribution in [-0.4, -0.2) is 35.5 Å². The molecule has 2 aromatic rings. The molecule has 9 heteroatoms. The Morgan fingerprint density at radius 2 is 2.15 bits per heavy atom. The third-order valence-corrected chi connectivity index (χ3v) is 4.36. The fraction of sp³-hybridized carbons (Fsp3) is 0.545. The minimum absolute atomic E-state index is 0.333. The van der Waals surface area contributed by atoms with Crippen LogP contribution in [0.5, 0.6) is 0 Å². The molecule has 2 heterocycles. The zero-order chi connectivity index (χ0) is 13.8. The summed E-state index contributed by atoms with van der Waals surface area (Å²) in [5.41, 5.74) is 2.46. The number of nitrogens with zero attached hydrogens (tertiary/aromatic N) is 6. The van der Waals surface area contributed by atoms with E-state index in [1.54, 1.807) is 18.1 Å². The van der Waals surface area contributed by atoms with Gasteiger partial charge in [0.2, 0.25) is 5.95 Å². The van der Waals surface area contributed by atoms with Crippen LogP contribution in [0.25, 0.3) is 5.95 Å². The van der Waals surface area contributed by atoms with Gasteiger partial charge in [0.15, 0.2) is 5.16 Å². The first-order valence-corrected chi connectivity index (χ1v) is 7.54. The van der Waals surface area contributed by atoms with Crippen molar-refractivity contribution < 1.29 is 0 Å². The molecule has 3 rings (SSSR count). The molecule has 0 spiro atoms. The molecule has 0 aromatic carbocycles. The van der Waals surface area contributed by atoms with E-state index in [0.717, 1.165) is 11.7 Å². The number of nitrogens with two attached hydrogens (primary N) is 1. The third kappa shape index (κ3) is 3.05. The molecule has 0 saturated heterocycles. The summed E-state index contributed by atoms with van der Waals surface area (Å²) in [6.07, 6.45) is 8.25. The van der Waals surface area contributed by atoms with Gasteiger partial charge in [-0.1, -0.05) is 24.6 Å². The summed E-state index contributed by atoms with van der Waals surface area (Å²) in [6, 6.07) is 0. The summed E-state index contributed by atoms with van der Waals surface area (Å²) in [7, 11) is 0. The number of nitrogens with one attached hydrogen (secondary N) is 1. The minimum atomic E-state index is 0.333. The fourth-order valence-electron chi connectivity index (χ4n) is 2.26. The van der Waals surface area contributed by atoms with Gasteiger partial charge < -0.3 is 0 Å². The Labute approximate surface area is 120 Å². The van der Waals surface area contributed by atoms with Crippen LogP contribution in [-0.2, 0) is 0 Å². The number of anilines is 1. The normalized spacial score (nSPS) is 15.7. The number of hydrazine groups is 1. The third-order valence-electron chi connectivity index (χ3n) is 3.28. The molecule has 1 aliphatic rings. The van der Waals surface area contributed by atoms with Crippen molar-refractivity contribution in [3.8, 4) is 5.95 Å². The van der Waals surface area contributed by atoms with Crippen LogP contribution in [0.4, 0.5) is 5.95 Å². The lowest BCUT2D eigenvalue weighted by atomic mass is 10.1. The first-order valence-electron chi connectivity index (χ1n) is 6.55. The van der Waals surface area contributed by atoms with Crippen LogP contribution >= 0.6 is 11.8 Å². The van der Waals surface area contributed by atoms with E-state index >= 15 is 0 Å².